The molecule has 1 aromatic carbocycles. The molecule has 16 heteroatoms. The molecule has 4 rings (SSSR count). The van der Waals surface area contributed by atoms with Gasteiger partial charge in [0.15, 0.2) is 0 Å². The van der Waals surface area contributed by atoms with Crippen LogP contribution in [0.25, 0.3) is 0 Å². The minimum atomic E-state index is -3.88. The number of sulfonamides is 1. The number of pyridine rings is 1. The number of anilines is 1. The van der Waals surface area contributed by atoms with Crippen molar-refractivity contribution in [1.29, 1.82) is 0 Å². The number of aryl methyl sites for hydroxylation is 2. The van der Waals surface area contributed by atoms with E-state index < -0.39 is 44.9 Å². The van der Waals surface area contributed by atoms with Crippen LogP contribution in [0.1, 0.15) is 70.5 Å². The van der Waals surface area contributed by atoms with E-state index in [1.807, 2.05) is 0 Å². The third kappa shape index (κ3) is 11.3. The van der Waals surface area contributed by atoms with E-state index in [-0.39, 0.29) is 29.9 Å². The second-order valence-corrected chi connectivity index (χ2v) is 15.8. The lowest BCUT2D eigenvalue weighted by Gasteiger charge is -2.21. The van der Waals surface area contributed by atoms with Gasteiger partial charge in [0.1, 0.15) is 23.4 Å². The van der Waals surface area contributed by atoms with Gasteiger partial charge in [-0.05, 0) is 96.9 Å². The zero-order valence-corrected chi connectivity index (χ0v) is 30.2. The van der Waals surface area contributed by atoms with Gasteiger partial charge in [0, 0.05) is 18.4 Å². The maximum absolute atomic E-state index is 13.2. The Morgan fingerprint density at radius 1 is 1.00 bits per heavy atom. The molecule has 15 nitrogen and oxygen atoms in total. The topological polar surface area (TPSA) is 192 Å². The molecule has 0 bridgehead atoms. The molecule has 50 heavy (non-hydrogen) atoms. The number of amides is 3. The number of carbonyl (C=O) groups is 3. The monoisotopic (exact) mass is 711 g/mol. The molecular formula is C34H45N7O8S. The van der Waals surface area contributed by atoms with Crippen molar-refractivity contribution in [2.75, 3.05) is 11.3 Å². The molecule has 0 saturated heterocycles. The molecule has 0 spiro atoms. The summed E-state index contributed by atoms with van der Waals surface area (Å²) >= 11 is 0. The first-order valence-corrected chi connectivity index (χ1v) is 17.8. The first-order valence-electron chi connectivity index (χ1n) is 16.2. The summed E-state index contributed by atoms with van der Waals surface area (Å²) in [4.78, 5) is 55.3. The summed E-state index contributed by atoms with van der Waals surface area (Å²) in [5.41, 5.74) is 0.286. The van der Waals surface area contributed by atoms with Gasteiger partial charge in [-0.2, -0.15) is 5.10 Å². The molecule has 0 aliphatic heterocycles. The smallest absolute Gasteiger partial charge is 0.437 e. The van der Waals surface area contributed by atoms with Crippen LogP contribution in [0.2, 0.25) is 0 Å². The predicted octanol–water partition coefficient (Wildman–Crippen LogP) is 3.88. The molecule has 2 aromatic heterocycles. The number of benzene rings is 1. The zero-order valence-electron chi connectivity index (χ0n) is 29.4. The highest BCUT2D eigenvalue weighted by atomic mass is 32.2. The average molecular weight is 712 g/mol. The van der Waals surface area contributed by atoms with E-state index in [1.165, 1.54) is 15.3 Å². The Morgan fingerprint density at radius 2 is 1.68 bits per heavy atom. The molecule has 1 atom stereocenters. The van der Waals surface area contributed by atoms with E-state index >= 15 is 0 Å². The molecule has 1 aliphatic carbocycles. The summed E-state index contributed by atoms with van der Waals surface area (Å²) < 4.78 is 41.0. The van der Waals surface area contributed by atoms with Crippen LogP contribution in [0.4, 0.5) is 15.3 Å². The number of nitrogens with zero attached hydrogens (tertiary/aromatic N) is 4. The van der Waals surface area contributed by atoms with Gasteiger partial charge in [-0.3, -0.25) is 19.6 Å². The maximum atomic E-state index is 13.2. The normalized spacial score (nSPS) is 15.1. The van der Waals surface area contributed by atoms with Crippen molar-refractivity contribution in [1.82, 2.24) is 25.0 Å². The summed E-state index contributed by atoms with van der Waals surface area (Å²) in [6, 6.07) is 11.6. The van der Waals surface area contributed by atoms with Gasteiger partial charge in [0.25, 0.3) is 5.56 Å². The fourth-order valence-electron chi connectivity index (χ4n) is 5.17. The van der Waals surface area contributed by atoms with E-state index in [0.717, 1.165) is 11.3 Å². The first kappa shape index (κ1) is 37.8. The number of hydrogen-bond donors (Lipinski definition) is 3. The number of ether oxygens (including phenoxy) is 2. The fourth-order valence-corrected chi connectivity index (χ4v) is 6.36. The lowest BCUT2D eigenvalue weighted by molar-refractivity contribution is -0.121. The van der Waals surface area contributed by atoms with E-state index in [1.54, 1.807) is 91.1 Å². The summed E-state index contributed by atoms with van der Waals surface area (Å²) in [5.74, 6) is -0.863. The SMILES string of the molecule is Cc1ccc(NS(=O)(=O)Cc2ccccc2)c(=O)n1CC(=O)NCC1CCc2nn(/C(=N\C(=O)OC(C)(C)C)NC(=O)OC(C)(C)C)cc2C1. The van der Waals surface area contributed by atoms with Crippen LogP contribution >= 0.6 is 0 Å². The average Bonchev–Trinajstić information content (AvgIpc) is 3.41. The van der Waals surface area contributed by atoms with Crippen LogP contribution in [0, 0.1) is 12.8 Å². The summed E-state index contributed by atoms with van der Waals surface area (Å²) in [5, 5.41) is 9.93. The zero-order chi connectivity index (χ0) is 36.9. The van der Waals surface area contributed by atoms with Gasteiger partial charge in [-0.1, -0.05) is 30.3 Å². The van der Waals surface area contributed by atoms with Gasteiger partial charge in [0.2, 0.25) is 21.9 Å². The highest BCUT2D eigenvalue weighted by Gasteiger charge is 2.26. The van der Waals surface area contributed by atoms with Gasteiger partial charge < -0.3 is 19.4 Å². The molecule has 3 aromatic rings. The van der Waals surface area contributed by atoms with Crippen molar-refractivity contribution in [3.05, 3.63) is 81.5 Å². The predicted molar refractivity (Wildman–Crippen MR) is 187 cm³/mol. The fraction of sp³-hybridized carbons (Fsp3) is 0.471. The molecule has 3 amide bonds. The molecule has 0 saturated carbocycles. The van der Waals surface area contributed by atoms with Crippen LogP contribution in [0.15, 0.2) is 58.4 Å². The van der Waals surface area contributed by atoms with Crippen LogP contribution in [-0.4, -0.2) is 64.6 Å². The number of carbonyl (C=O) groups excluding carboxylic acids is 3. The van der Waals surface area contributed by atoms with Crippen LogP contribution < -0.4 is 20.9 Å². The number of rotatable bonds is 8. The number of aromatic nitrogens is 3. The third-order valence-electron chi connectivity index (χ3n) is 7.34. The third-order valence-corrected chi connectivity index (χ3v) is 8.59. The minimum absolute atomic E-state index is 0.0307. The lowest BCUT2D eigenvalue weighted by Crippen LogP contribution is -2.40. The van der Waals surface area contributed by atoms with Crippen LogP contribution in [0.5, 0.6) is 0 Å². The number of alkyl carbamates (subject to hydrolysis) is 1. The molecule has 0 fully saturated rings. The summed E-state index contributed by atoms with van der Waals surface area (Å²) in [7, 11) is -3.88. The summed E-state index contributed by atoms with van der Waals surface area (Å²) in [6.07, 6.45) is 1.73. The van der Waals surface area contributed by atoms with Crippen LogP contribution in [-0.2, 0) is 49.4 Å². The quantitative estimate of drug-likeness (QED) is 0.230. The molecule has 1 aliphatic rings. The van der Waals surface area contributed by atoms with E-state index in [9.17, 15) is 27.6 Å². The minimum Gasteiger partial charge on any atom is -0.444 e. The number of fused-ring (bicyclic) bond motifs is 1. The van der Waals surface area contributed by atoms with Crippen LogP contribution in [0.3, 0.4) is 0 Å². The molecule has 3 N–H and O–H groups in total. The second-order valence-electron chi connectivity index (χ2n) is 14.1. The van der Waals surface area contributed by atoms with Crippen molar-refractivity contribution in [3.63, 3.8) is 0 Å². The number of hydrogen-bond acceptors (Lipinski definition) is 9. The van der Waals surface area contributed by atoms with Gasteiger partial charge in [-0.25, -0.2) is 22.7 Å². The summed E-state index contributed by atoms with van der Waals surface area (Å²) in [6.45, 7) is 11.9. The van der Waals surface area contributed by atoms with Crippen molar-refractivity contribution >= 4 is 39.8 Å². The molecule has 270 valence electrons. The van der Waals surface area contributed by atoms with Crippen molar-refractivity contribution in [2.45, 2.75) is 91.2 Å². The highest BCUT2D eigenvalue weighted by molar-refractivity contribution is 7.91. The Balaban J connectivity index is 1.40. The Hall–Kier alpha value is -4.99. The van der Waals surface area contributed by atoms with Gasteiger partial charge in [0.05, 0.1) is 11.4 Å². The van der Waals surface area contributed by atoms with E-state index in [2.05, 4.69) is 25.4 Å². The number of nitrogens with one attached hydrogen (secondary N) is 3. The Labute approximate surface area is 291 Å². The standard InChI is InChI=1S/C34H45N7O8S/c1-22-13-15-27(39-50(46,47)21-23-11-9-8-10-12-23)29(43)40(22)20-28(42)35-18-24-14-16-26-25(17-24)19-41(38-26)30(36-31(44)48-33(2,3)4)37-32(45)49-34(5,6)7/h8-13,15,19,24,39H,14,16-18,20-21H2,1-7H3,(H,35,42)(H,36,37,44,45). The Morgan fingerprint density at radius 3 is 2.34 bits per heavy atom. The first-order chi connectivity index (χ1) is 23.3. The molecule has 1 unspecified atom stereocenters. The van der Waals surface area contributed by atoms with Crippen molar-refractivity contribution < 1.29 is 32.3 Å². The largest absolute Gasteiger partial charge is 0.444 e. The van der Waals surface area contributed by atoms with Gasteiger partial charge in [-0.15, -0.1) is 4.99 Å². The van der Waals surface area contributed by atoms with Crippen molar-refractivity contribution in [3.8, 4) is 0 Å². The Kier molecular flexibility index (Phi) is 11.6. The lowest BCUT2D eigenvalue weighted by atomic mass is 9.88. The van der Waals surface area contributed by atoms with Gasteiger partial charge >= 0.3 is 12.2 Å². The molecular weight excluding hydrogens is 666 g/mol. The van der Waals surface area contributed by atoms with E-state index in [4.69, 9.17) is 9.47 Å². The number of aliphatic imine (C=N–C) groups is 1. The maximum Gasteiger partial charge on any atom is 0.437 e. The second kappa shape index (κ2) is 15.3. The molecule has 0 radical (unpaired) electrons. The van der Waals surface area contributed by atoms with Crippen molar-refractivity contribution in [2.24, 2.45) is 10.9 Å². The van der Waals surface area contributed by atoms with E-state index in [0.29, 0.717) is 37.1 Å². The Bertz CT molecular complexity index is 1920. The molecule has 2 heterocycles. The highest BCUT2D eigenvalue weighted by Crippen LogP contribution is 2.24.